The molecule has 8 nitrogen and oxygen atoms in total. The third-order valence-corrected chi connectivity index (χ3v) is 9.93. The Morgan fingerprint density at radius 1 is 0.897 bits per heavy atom. The molecule has 0 aliphatic carbocycles. The van der Waals surface area contributed by atoms with Gasteiger partial charge in [0.25, 0.3) is 0 Å². The zero-order chi connectivity index (χ0) is 27.8. The van der Waals surface area contributed by atoms with Crippen LogP contribution in [0, 0.1) is 20.8 Å². The van der Waals surface area contributed by atoms with E-state index < -0.39 is 15.6 Å². The van der Waals surface area contributed by atoms with Crippen LogP contribution in [0.1, 0.15) is 29.5 Å². The van der Waals surface area contributed by atoms with E-state index in [0.717, 1.165) is 22.4 Å². The van der Waals surface area contributed by atoms with Crippen molar-refractivity contribution in [3.63, 3.8) is 0 Å². The summed E-state index contributed by atoms with van der Waals surface area (Å²) in [4.78, 5) is 30.8. The van der Waals surface area contributed by atoms with Crippen molar-refractivity contribution >= 4 is 33.2 Å². The first-order chi connectivity index (χ1) is 18.6. The Hall–Kier alpha value is -3.69. The normalized spacial score (nSPS) is 17.6. The minimum atomic E-state index is -3.73. The fourth-order valence-electron chi connectivity index (χ4n) is 6.02. The van der Waals surface area contributed by atoms with Crippen molar-refractivity contribution in [1.29, 1.82) is 0 Å². The van der Waals surface area contributed by atoms with Gasteiger partial charge in [-0.2, -0.15) is 4.31 Å². The van der Waals surface area contributed by atoms with Gasteiger partial charge in [-0.25, -0.2) is 8.42 Å². The highest BCUT2D eigenvalue weighted by atomic mass is 32.2. The van der Waals surface area contributed by atoms with Crippen LogP contribution in [0.3, 0.4) is 0 Å². The van der Waals surface area contributed by atoms with Gasteiger partial charge in [-0.3, -0.25) is 9.59 Å². The fraction of sp³-hybridized carbons (Fsp3) is 0.333. The zero-order valence-corrected chi connectivity index (χ0v) is 23.4. The molecule has 2 fully saturated rings. The first kappa shape index (κ1) is 26.9. The summed E-state index contributed by atoms with van der Waals surface area (Å²) in [6, 6.07) is 22.6. The maximum atomic E-state index is 14.0. The predicted molar refractivity (Wildman–Crippen MR) is 152 cm³/mol. The zero-order valence-electron chi connectivity index (χ0n) is 22.6. The predicted octanol–water partition coefficient (Wildman–Crippen LogP) is 4.08. The number of sulfonamides is 1. The quantitative estimate of drug-likeness (QED) is 0.503. The van der Waals surface area contributed by atoms with Gasteiger partial charge in [0.1, 0.15) is 12.1 Å². The Morgan fingerprint density at radius 3 is 2.05 bits per heavy atom. The van der Waals surface area contributed by atoms with Gasteiger partial charge in [-0.15, -0.1) is 0 Å². The van der Waals surface area contributed by atoms with Crippen LogP contribution in [0.25, 0.3) is 0 Å². The summed E-state index contributed by atoms with van der Waals surface area (Å²) in [6.07, 6.45) is 0.668. The second-order valence-corrected chi connectivity index (χ2v) is 12.4. The van der Waals surface area contributed by atoms with Gasteiger partial charge >= 0.3 is 0 Å². The van der Waals surface area contributed by atoms with Crippen molar-refractivity contribution < 1.29 is 18.0 Å². The SMILES string of the molecule is Cc1cc(C)c(S(=O)(=O)N2CCC3(CC2)C(=O)N(CC(=O)Nc2ccccc2)CN3c2ccccc2)c(C)c1. The maximum Gasteiger partial charge on any atom is 0.250 e. The van der Waals surface area contributed by atoms with E-state index in [9.17, 15) is 18.0 Å². The molecule has 0 saturated carbocycles. The molecule has 2 amide bonds. The molecule has 9 heteroatoms. The summed E-state index contributed by atoms with van der Waals surface area (Å²) >= 11 is 0. The van der Waals surface area contributed by atoms with Crippen molar-refractivity contribution in [3.8, 4) is 0 Å². The molecule has 0 atom stereocenters. The standard InChI is InChI=1S/C30H34N4O4S/c1-22-18-23(2)28(24(3)19-22)39(37,38)33-16-14-30(15-17-33)29(36)32(21-34(30)26-12-8-5-9-13-26)20-27(35)31-25-10-6-4-7-11-25/h4-13,18-19H,14-17,20-21H2,1-3H3,(H,31,35). The van der Waals surface area contributed by atoms with Gasteiger partial charge in [-0.05, 0) is 69.0 Å². The highest BCUT2D eigenvalue weighted by Gasteiger charge is 2.55. The number of benzene rings is 3. The lowest BCUT2D eigenvalue weighted by molar-refractivity contribution is -0.136. The van der Waals surface area contributed by atoms with Gasteiger partial charge in [0.2, 0.25) is 21.8 Å². The summed E-state index contributed by atoms with van der Waals surface area (Å²) in [7, 11) is -3.73. The molecule has 0 radical (unpaired) electrons. The van der Waals surface area contributed by atoms with Crippen LogP contribution in [-0.2, 0) is 19.6 Å². The number of amides is 2. The molecule has 39 heavy (non-hydrogen) atoms. The number of hydrogen-bond acceptors (Lipinski definition) is 5. The fourth-order valence-corrected chi connectivity index (χ4v) is 7.87. The number of hydrogen-bond donors (Lipinski definition) is 1. The third kappa shape index (κ3) is 5.04. The van der Waals surface area contributed by atoms with Gasteiger partial charge in [0.05, 0.1) is 11.6 Å². The average molecular weight is 547 g/mol. The van der Waals surface area contributed by atoms with E-state index in [1.54, 1.807) is 17.0 Å². The molecule has 0 aromatic heterocycles. The molecule has 2 saturated heterocycles. The number of rotatable bonds is 6. The average Bonchev–Trinajstić information content (AvgIpc) is 3.15. The topological polar surface area (TPSA) is 90.0 Å². The molecule has 0 unspecified atom stereocenters. The smallest absolute Gasteiger partial charge is 0.250 e. The summed E-state index contributed by atoms with van der Waals surface area (Å²) in [5, 5.41) is 2.86. The highest BCUT2D eigenvalue weighted by Crippen LogP contribution is 2.41. The molecule has 3 aromatic rings. The molecule has 5 rings (SSSR count). The summed E-state index contributed by atoms with van der Waals surface area (Å²) in [6.45, 7) is 6.22. The number of nitrogens with zero attached hydrogens (tertiary/aromatic N) is 3. The number of para-hydroxylation sites is 2. The van der Waals surface area contributed by atoms with Crippen molar-refractivity contribution in [1.82, 2.24) is 9.21 Å². The Bertz CT molecular complexity index is 1460. The number of carbonyl (C=O) groups is 2. The van der Waals surface area contributed by atoms with E-state index in [-0.39, 0.29) is 38.1 Å². The van der Waals surface area contributed by atoms with E-state index >= 15 is 0 Å². The van der Waals surface area contributed by atoms with E-state index in [2.05, 4.69) is 5.32 Å². The molecule has 0 bridgehead atoms. The van der Waals surface area contributed by atoms with Crippen LogP contribution in [0.15, 0.2) is 77.7 Å². The lowest BCUT2D eigenvalue weighted by Gasteiger charge is -2.43. The number of anilines is 2. The van der Waals surface area contributed by atoms with Crippen LogP contribution in [0.2, 0.25) is 0 Å². The monoisotopic (exact) mass is 546 g/mol. The lowest BCUT2D eigenvalue weighted by Crippen LogP contribution is -2.57. The molecule has 2 heterocycles. The van der Waals surface area contributed by atoms with E-state index in [1.165, 1.54) is 4.31 Å². The third-order valence-electron chi connectivity index (χ3n) is 7.73. The molecule has 1 N–H and O–H groups in total. The first-order valence-corrected chi connectivity index (χ1v) is 14.6. The second-order valence-electron chi connectivity index (χ2n) is 10.5. The highest BCUT2D eigenvalue weighted by molar-refractivity contribution is 7.89. The van der Waals surface area contributed by atoms with Gasteiger partial charge in [0.15, 0.2) is 0 Å². The minimum absolute atomic E-state index is 0.0808. The van der Waals surface area contributed by atoms with Crippen LogP contribution >= 0.6 is 0 Å². The Balaban J connectivity index is 1.39. The van der Waals surface area contributed by atoms with Crippen LogP contribution in [0.4, 0.5) is 11.4 Å². The molecule has 2 aliphatic rings. The molecule has 204 valence electrons. The largest absolute Gasteiger partial charge is 0.339 e. The molecular weight excluding hydrogens is 512 g/mol. The van der Waals surface area contributed by atoms with Crippen molar-refractivity contribution in [2.24, 2.45) is 0 Å². The van der Waals surface area contributed by atoms with E-state index in [4.69, 9.17) is 0 Å². The number of aryl methyl sites for hydroxylation is 3. The van der Waals surface area contributed by atoms with Crippen molar-refractivity contribution in [2.75, 3.05) is 36.5 Å². The summed E-state index contributed by atoms with van der Waals surface area (Å²) in [5.74, 6) is -0.417. The second kappa shape index (κ2) is 10.5. The molecule has 2 aliphatic heterocycles. The van der Waals surface area contributed by atoms with Crippen LogP contribution < -0.4 is 10.2 Å². The Kier molecular flexibility index (Phi) is 7.22. The number of nitrogens with one attached hydrogen (secondary N) is 1. The van der Waals surface area contributed by atoms with Gasteiger partial charge in [0, 0.05) is 24.5 Å². The van der Waals surface area contributed by atoms with Crippen LogP contribution in [0.5, 0.6) is 0 Å². The summed E-state index contributed by atoms with van der Waals surface area (Å²) in [5.41, 5.74) is 3.10. The first-order valence-electron chi connectivity index (χ1n) is 13.2. The maximum absolute atomic E-state index is 14.0. The van der Waals surface area contributed by atoms with Crippen molar-refractivity contribution in [3.05, 3.63) is 89.5 Å². The number of carbonyl (C=O) groups excluding carboxylic acids is 2. The van der Waals surface area contributed by atoms with Crippen LogP contribution in [-0.4, -0.2) is 61.3 Å². The minimum Gasteiger partial charge on any atom is -0.339 e. The van der Waals surface area contributed by atoms with Gasteiger partial charge < -0.3 is 15.1 Å². The van der Waals surface area contributed by atoms with Gasteiger partial charge in [-0.1, -0.05) is 54.1 Å². The number of piperidine rings is 1. The molecule has 3 aromatic carbocycles. The van der Waals surface area contributed by atoms with E-state index in [0.29, 0.717) is 23.4 Å². The molecular formula is C30H34N4O4S. The van der Waals surface area contributed by atoms with Crippen molar-refractivity contribution in [2.45, 2.75) is 44.0 Å². The molecule has 1 spiro atoms. The van der Waals surface area contributed by atoms with E-state index in [1.807, 2.05) is 86.3 Å². The Labute approximate surface area is 230 Å². The summed E-state index contributed by atoms with van der Waals surface area (Å²) < 4.78 is 29.0. The Morgan fingerprint density at radius 2 is 1.46 bits per heavy atom. The lowest BCUT2D eigenvalue weighted by atomic mass is 9.86.